The van der Waals surface area contributed by atoms with Crippen molar-refractivity contribution in [1.29, 1.82) is 5.26 Å². The van der Waals surface area contributed by atoms with E-state index in [9.17, 15) is 0 Å². The summed E-state index contributed by atoms with van der Waals surface area (Å²) in [6.45, 7) is 0.671. The molecular weight excluding hydrogens is 216 g/mol. The molecule has 0 heterocycles. The van der Waals surface area contributed by atoms with Gasteiger partial charge in [0.1, 0.15) is 5.75 Å². The van der Waals surface area contributed by atoms with Gasteiger partial charge in [-0.2, -0.15) is 5.26 Å². The van der Waals surface area contributed by atoms with E-state index < -0.39 is 0 Å². The van der Waals surface area contributed by atoms with Gasteiger partial charge in [0.25, 0.3) is 0 Å². The first-order valence-corrected chi connectivity index (χ1v) is 5.69. The third-order valence-electron chi connectivity index (χ3n) is 2.50. The molecule has 0 aliphatic heterocycles. The Morgan fingerprint density at radius 3 is 2.65 bits per heavy atom. The van der Waals surface area contributed by atoms with Crippen LogP contribution in [0.25, 0.3) is 0 Å². The highest BCUT2D eigenvalue weighted by Crippen LogP contribution is 2.12. The number of nitrogens with one attached hydrogen (secondary N) is 1. The van der Waals surface area contributed by atoms with Crippen molar-refractivity contribution >= 4 is 0 Å². The second-order valence-electron chi connectivity index (χ2n) is 3.73. The SMILES string of the molecule is CNC(C#N)CCOc1ccc(CCO)cc1. The zero-order valence-corrected chi connectivity index (χ0v) is 10.0. The summed E-state index contributed by atoms with van der Waals surface area (Å²) in [6.07, 6.45) is 1.32. The first-order chi connectivity index (χ1) is 8.30. The highest BCUT2D eigenvalue weighted by Gasteiger charge is 2.03. The number of hydrogen-bond acceptors (Lipinski definition) is 4. The van der Waals surface area contributed by atoms with E-state index in [1.165, 1.54) is 0 Å². The Balaban J connectivity index is 2.34. The highest BCUT2D eigenvalue weighted by molar-refractivity contribution is 5.27. The first kappa shape index (κ1) is 13.5. The largest absolute Gasteiger partial charge is 0.493 e. The van der Waals surface area contributed by atoms with E-state index in [1.54, 1.807) is 7.05 Å². The molecule has 1 aromatic carbocycles. The number of rotatable bonds is 7. The molecule has 92 valence electrons. The predicted octanol–water partition coefficient (Wildman–Crippen LogP) is 1.10. The van der Waals surface area contributed by atoms with Gasteiger partial charge >= 0.3 is 0 Å². The lowest BCUT2D eigenvalue weighted by Gasteiger charge is -2.09. The predicted molar refractivity (Wildman–Crippen MR) is 65.8 cm³/mol. The summed E-state index contributed by atoms with van der Waals surface area (Å²) in [5.41, 5.74) is 1.09. The summed E-state index contributed by atoms with van der Waals surface area (Å²) < 4.78 is 5.52. The molecular formula is C13H18N2O2. The number of nitriles is 1. The Hall–Kier alpha value is -1.57. The smallest absolute Gasteiger partial charge is 0.119 e. The maximum Gasteiger partial charge on any atom is 0.119 e. The summed E-state index contributed by atoms with van der Waals surface area (Å²) in [4.78, 5) is 0. The van der Waals surface area contributed by atoms with Gasteiger partial charge < -0.3 is 15.2 Å². The van der Waals surface area contributed by atoms with Crippen molar-refractivity contribution in [1.82, 2.24) is 5.32 Å². The maximum atomic E-state index is 8.78. The van der Waals surface area contributed by atoms with Crippen LogP contribution in [0.5, 0.6) is 5.75 Å². The Morgan fingerprint density at radius 1 is 1.41 bits per heavy atom. The van der Waals surface area contributed by atoms with E-state index in [4.69, 9.17) is 15.1 Å². The average molecular weight is 234 g/mol. The number of aliphatic hydroxyl groups excluding tert-OH is 1. The summed E-state index contributed by atoms with van der Waals surface area (Å²) in [5.74, 6) is 0.791. The summed E-state index contributed by atoms with van der Waals surface area (Å²) in [5, 5.41) is 20.4. The number of ether oxygens (including phenoxy) is 1. The van der Waals surface area contributed by atoms with Crippen molar-refractivity contribution in [2.45, 2.75) is 18.9 Å². The van der Waals surface area contributed by atoms with Crippen LogP contribution in [0.1, 0.15) is 12.0 Å². The quantitative estimate of drug-likeness (QED) is 0.741. The van der Waals surface area contributed by atoms with Crippen LogP contribution < -0.4 is 10.1 Å². The molecule has 4 nitrogen and oxygen atoms in total. The van der Waals surface area contributed by atoms with E-state index in [2.05, 4.69) is 11.4 Å². The molecule has 4 heteroatoms. The highest BCUT2D eigenvalue weighted by atomic mass is 16.5. The van der Waals surface area contributed by atoms with E-state index >= 15 is 0 Å². The third-order valence-corrected chi connectivity index (χ3v) is 2.50. The van der Waals surface area contributed by atoms with E-state index in [-0.39, 0.29) is 12.6 Å². The number of benzene rings is 1. The second-order valence-corrected chi connectivity index (χ2v) is 3.73. The minimum atomic E-state index is -0.163. The van der Waals surface area contributed by atoms with Gasteiger partial charge in [-0.25, -0.2) is 0 Å². The summed E-state index contributed by atoms with van der Waals surface area (Å²) >= 11 is 0. The van der Waals surface area contributed by atoms with Crippen molar-refractivity contribution in [3.63, 3.8) is 0 Å². The van der Waals surface area contributed by atoms with Crippen molar-refractivity contribution in [3.8, 4) is 11.8 Å². The molecule has 0 amide bonds. The summed E-state index contributed by atoms with van der Waals surface area (Å²) in [7, 11) is 1.76. The molecule has 2 N–H and O–H groups in total. The number of aliphatic hydroxyl groups is 1. The van der Waals surface area contributed by atoms with Gasteiger partial charge in [0.2, 0.25) is 0 Å². The van der Waals surface area contributed by atoms with Gasteiger partial charge in [-0.1, -0.05) is 12.1 Å². The monoisotopic (exact) mass is 234 g/mol. The van der Waals surface area contributed by atoms with Crippen molar-refractivity contribution in [2.24, 2.45) is 0 Å². The Morgan fingerprint density at radius 2 is 2.12 bits per heavy atom. The summed E-state index contributed by atoms with van der Waals surface area (Å²) in [6, 6.07) is 9.61. The topological polar surface area (TPSA) is 65.3 Å². The standard InChI is InChI=1S/C13H18N2O2/c1-15-12(10-14)7-9-17-13-4-2-11(3-5-13)6-8-16/h2-5,12,15-16H,6-9H2,1H3. The van der Waals surface area contributed by atoms with Crippen molar-refractivity contribution in [3.05, 3.63) is 29.8 Å². The number of hydrogen-bond donors (Lipinski definition) is 2. The molecule has 1 unspecified atom stereocenters. The molecule has 1 rings (SSSR count). The second kappa shape index (κ2) is 7.66. The average Bonchev–Trinajstić information content (AvgIpc) is 2.37. The molecule has 17 heavy (non-hydrogen) atoms. The normalized spacial score (nSPS) is 11.8. The van der Waals surface area contributed by atoms with E-state index in [0.29, 0.717) is 19.4 Å². The lowest BCUT2D eigenvalue weighted by atomic mass is 10.1. The van der Waals surface area contributed by atoms with Gasteiger partial charge in [-0.3, -0.25) is 0 Å². The van der Waals surface area contributed by atoms with Gasteiger partial charge in [0.15, 0.2) is 0 Å². The molecule has 0 bridgehead atoms. The lowest BCUT2D eigenvalue weighted by molar-refractivity contribution is 0.297. The minimum Gasteiger partial charge on any atom is -0.493 e. The Labute approximate surface area is 102 Å². The van der Waals surface area contributed by atoms with E-state index in [0.717, 1.165) is 11.3 Å². The van der Waals surface area contributed by atoms with Crippen LogP contribution in [0.4, 0.5) is 0 Å². The van der Waals surface area contributed by atoms with Crippen molar-refractivity contribution < 1.29 is 9.84 Å². The molecule has 0 radical (unpaired) electrons. The molecule has 0 aliphatic rings. The van der Waals surface area contributed by atoms with Crippen LogP contribution in [0.15, 0.2) is 24.3 Å². The lowest BCUT2D eigenvalue weighted by Crippen LogP contribution is -2.25. The van der Waals surface area contributed by atoms with Gasteiger partial charge in [0, 0.05) is 13.0 Å². The molecule has 0 spiro atoms. The molecule has 0 fully saturated rings. The third kappa shape index (κ3) is 4.85. The van der Waals surface area contributed by atoms with Crippen LogP contribution in [0, 0.1) is 11.3 Å². The fourth-order valence-corrected chi connectivity index (χ4v) is 1.45. The fraction of sp³-hybridized carbons (Fsp3) is 0.462. The van der Waals surface area contributed by atoms with Gasteiger partial charge in [-0.05, 0) is 31.2 Å². The molecule has 1 atom stereocenters. The Kier molecular flexibility index (Phi) is 6.08. The van der Waals surface area contributed by atoms with E-state index in [1.807, 2.05) is 24.3 Å². The number of nitrogens with zero attached hydrogens (tertiary/aromatic N) is 1. The Bertz CT molecular complexity index is 357. The van der Waals surface area contributed by atoms with Crippen LogP contribution in [-0.4, -0.2) is 31.4 Å². The molecule has 0 aromatic heterocycles. The van der Waals surface area contributed by atoms with Crippen LogP contribution >= 0.6 is 0 Å². The van der Waals surface area contributed by atoms with Crippen LogP contribution in [0.2, 0.25) is 0 Å². The molecule has 0 aliphatic carbocycles. The first-order valence-electron chi connectivity index (χ1n) is 5.69. The maximum absolute atomic E-state index is 8.78. The van der Waals surface area contributed by atoms with Gasteiger partial charge in [0.05, 0.1) is 18.7 Å². The minimum absolute atomic E-state index is 0.159. The van der Waals surface area contributed by atoms with Crippen LogP contribution in [-0.2, 0) is 6.42 Å². The zero-order chi connectivity index (χ0) is 12.5. The molecule has 0 saturated heterocycles. The molecule has 1 aromatic rings. The zero-order valence-electron chi connectivity index (χ0n) is 10.0. The van der Waals surface area contributed by atoms with Crippen LogP contribution in [0.3, 0.4) is 0 Å². The fourth-order valence-electron chi connectivity index (χ4n) is 1.45. The van der Waals surface area contributed by atoms with Gasteiger partial charge in [-0.15, -0.1) is 0 Å². The van der Waals surface area contributed by atoms with Crippen molar-refractivity contribution in [2.75, 3.05) is 20.3 Å². The molecule has 0 saturated carbocycles.